The number of aromatic hydroxyl groups is 1. The summed E-state index contributed by atoms with van der Waals surface area (Å²) in [5.41, 5.74) is 3.49. The highest BCUT2D eigenvalue weighted by molar-refractivity contribution is 7.71. The average Bonchev–Trinajstić information content (AvgIpc) is 3.11. The van der Waals surface area contributed by atoms with Gasteiger partial charge < -0.3 is 10.5 Å². The van der Waals surface area contributed by atoms with Gasteiger partial charge in [-0.15, -0.1) is 0 Å². The van der Waals surface area contributed by atoms with Gasteiger partial charge in [0.15, 0.2) is 4.77 Å². The van der Waals surface area contributed by atoms with Crippen LogP contribution in [-0.2, 0) is 6.54 Å². The molecule has 142 valence electrons. The van der Waals surface area contributed by atoms with Crippen LogP contribution in [0.2, 0.25) is 0 Å². The topological polar surface area (TPSA) is 126 Å². The van der Waals surface area contributed by atoms with Crippen LogP contribution in [0.25, 0.3) is 0 Å². The lowest BCUT2D eigenvalue weighted by Gasteiger charge is -2.12. The van der Waals surface area contributed by atoms with Crippen LogP contribution in [0.4, 0.5) is 5.69 Å². The zero-order valence-corrected chi connectivity index (χ0v) is 15.5. The van der Waals surface area contributed by atoms with Gasteiger partial charge in [-0.05, 0) is 24.2 Å². The first-order valence-electron chi connectivity index (χ1n) is 8.55. The molecule has 27 heavy (non-hydrogen) atoms. The van der Waals surface area contributed by atoms with Crippen molar-refractivity contribution in [2.45, 2.75) is 38.8 Å². The van der Waals surface area contributed by atoms with Crippen molar-refractivity contribution < 1.29 is 10.0 Å². The lowest BCUT2D eigenvalue weighted by Crippen LogP contribution is -2.22. The van der Waals surface area contributed by atoms with Crippen LogP contribution >= 0.6 is 12.2 Å². The fourth-order valence-corrected chi connectivity index (χ4v) is 3.26. The predicted octanol–water partition coefficient (Wildman–Crippen LogP) is 2.76. The van der Waals surface area contributed by atoms with E-state index >= 15 is 0 Å². The first kappa shape index (κ1) is 18.8. The molecular weight excluding hydrogens is 370 g/mol. The number of non-ortho nitro benzene ring substituents is 1. The van der Waals surface area contributed by atoms with Crippen molar-refractivity contribution in [2.75, 3.05) is 0 Å². The lowest BCUT2D eigenvalue weighted by molar-refractivity contribution is -0.384. The van der Waals surface area contributed by atoms with Crippen molar-refractivity contribution >= 4 is 23.6 Å². The molecule has 0 spiro atoms. The summed E-state index contributed by atoms with van der Waals surface area (Å²) >= 11 is 5.14. The van der Waals surface area contributed by atoms with Crippen LogP contribution in [0.15, 0.2) is 34.2 Å². The van der Waals surface area contributed by atoms with Gasteiger partial charge in [-0.1, -0.05) is 25.5 Å². The third-order valence-electron chi connectivity index (χ3n) is 4.43. The van der Waals surface area contributed by atoms with E-state index in [2.05, 4.69) is 15.5 Å². The summed E-state index contributed by atoms with van der Waals surface area (Å²) in [6.45, 7) is 2.50. The summed E-state index contributed by atoms with van der Waals surface area (Å²) in [4.78, 5) is 25.4. The number of H-pyrrole nitrogens is 1. The molecule has 0 fully saturated rings. The molecule has 2 heterocycles. The first-order chi connectivity index (χ1) is 12.9. The second-order valence-electron chi connectivity index (χ2n) is 6.26. The van der Waals surface area contributed by atoms with Crippen LogP contribution in [0, 0.1) is 14.9 Å². The number of nitrogens with one attached hydrogen (secondary N) is 2. The van der Waals surface area contributed by atoms with Crippen molar-refractivity contribution in [2.24, 2.45) is 5.10 Å². The molecule has 1 aromatic carbocycles. The van der Waals surface area contributed by atoms with Gasteiger partial charge in [0, 0.05) is 25.1 Å². The van der Waals surface area contributed by atoms with E-state index < -0.39 is 10.5 Å². The van der Waals surface area contributed by atoms with Crippen molar-refractivity contribution in [3.05, 3.63) is 60.6 Å². The van der Waals surface area contributed by atoms with Gasteiger partial charge in [0.2, 0.25) is 5.88 Å². The van der Waals surface area contributed by atoms with Gasteiger partial charge in [-0.3, -0.25) is 24.5 Å². The Morgan fingerprint density at radius 2 is 2.26 bits per heavy atom. The van der Waals surface area contributed by atoms with E-state index in [0.29, 0.717) is 24.2 Å². The molecule has 0 aliphatic carbocycles. The van der Waals surface area contributed by atoms with E-state index in [1.54, 1.807) is 12.1 Å². The summed E-state index contributed by atoms with van der Waals surface area (Å²) in [6, 6.07) is 5.90. The standard InChI is InChI=1S/C17H19N5O4S/c1-2-3-7-21-16(24)14(15(23)18-17(21)27)13-9-12(19-20-13)10-5-4-6-11(8-10)22(25)26/h4-6,8,12,19,24H,2-3,7,9H2,1H3,(H,18,23,27)/t12-/m1/s1. The molecule has 1 aliphatic rings. The number of hydrogen-bond donors (Lipinski definition) is 3. The van der Waals surface area contributed by atoms with Crippen LogP contribution in [-0.4, -0.2) is 25.3 Å². The highest BCUT2D eigenvalue weighted by atomic mass is 32.1. The number of nitro groups is 1. The molecule has 0 unspecified atom stereocenters. The fraction of sp³-hybridized carbons (Fsp3) is 0.353. The number of benzene rings is 1. The third-order valence-corrected chi connectivity index (χ3v) is 4.75. The Bertz CT molecular complexity index is 1030. The molecule has 10 heteroatoms. The number of hydrazone groups is 1. The smallest absolute Gasteiger partial charge is 0.269 e. The van der Waals surface area contributed by atoms with E-state index in [4.69, 9.17) is 12.2 Å². The summed E-state index contributed by atoms with van der Waals surface area (Å²) in [6.07, 6.45) is 2.02. The number of aromatic amines is 1. The summed E-state index contributed by atoms with van der Waals surface area (Å²) in [5, 5.41) is 25.7. The van der Waals surface area contributed by atoms with Gasteiger partial charge in [0.25, 0.3) is 11.2 Å². The minimum absolute atomic E-state index is 0.0173. The third kappa shape index (κ3) is 3.75. The zero-order valence-electron chi connectivity index (χ0n) is 14.6. The molecule has 0 amide bonds. The number of aromatic nitrogens is 2. The SMILES string of the molecule is CCCCn1c(O)c(C2=NN[C@@H](c3cccc([N+](=O)[O-])c3)C2)c(=O)[nH]c1=S. The summed E-state index contributed by atoms with van der Waals surface area (Å²) in [5.74, 6) is -0.211. The molecule has 0 saturated carbocycles. The Labute approximate surface area is 159 Å². The summed E-state index contributed by atoms with van der Waals surface area (Å²) < 4.78 is 1.65. The monoisotopic (exact) mass is 389 g/mol. The van der Waals surface area contributed by atoms with Crippen molar-refractivity contribution in [3.63, 3.8) is 0 Å². The van der Waals surface area contributed by atoms with E-state index in [-0.39, 0.29) is 27.9 Å². The van der Waals surface area contributed by atoms with E-state index in [1.807, 2.05) is 6.92 Å². The number of unbranched alkanes of at least 4 members (excludes halogenated alkanes) is 1. The van der Waals surface area contributed by atoms with Gasteiger partial charge in [-0.2, -0.15) is 5.10 Å². The lowest BCUT2D eigenvalue weighted by atomic mass is 9.99. The minimum atomic E-state index is -0.509. The Kier molecular flexibility index (Phi) is 5.36. The number of nitro benzene ring substituents is 1. The van der Waals surface area contributed by atoms with E-state index in [1.165, 1.54) is 16.7 Å². The maximum atomic E-state index is 12.4. The Balaban J connectivity index is 1.91. The van der Waals surface area contributed by atoms with Crippen LogP contribution in [0.5, 0.6) is 5.88 Å². The maximum absolute atomic E-state index is 12.4. The average molecular weight is 389 g/mol. The second kappa shape index (κ2) is 7.70. The van der Waals surface area contributed by atoms with Gasteiger partial charge in [0.1, 0.15) is 5.56 Å². The molecule has 3 N–H and O–H groups in total. The van der Waals surface area contributed by atoms with Gasteiger partial charge >= 0.3 is 0 Å². The van der Waals surface area contributed by atoms with E-state index in [9.17, 15) is 20.0 Å². The molecule has 0 bridgehead atoms. The molecule has 3 rings (SSSR count). The van der Waals surface area contributed by atoms with Crippen molar-refractivity contribution in [1.29, 1.82) is 0 Å². The molecule has 9 nitrogen and oxygen atoms in total. The predicted molar refractivity (Wildman–Crippen MR) is 103 cm³/mol. The Morgan fingerprint density at radius 1 is 1.48 bits per heavy atom. The van der Waals surface area contributed by atoms with Crippen LogP contribution < -0.4 is 11.0 Å². The summed E-state index contributed by atoms with van der Waals surface area (Å²) in [7, 11) is 0. The fourth-order valence-electron chi connectivity index (χ4n) is 2.99. The first-order valence-corrected chi connectivity index (χ1v) is 8.96. The van der Waals surface area contributed by atoms with Crippen molar-refractivity contribution in [3.8, 4) is 5.88 Å². The molecule has 1 atom stereocenters. The Morgan fingerprint density at radius 3 is 2.96 bits per heavy atom. The molecule has 2 aromatic rings. The van der Waals surface area contributed by atoms with Crippen molar-refractivity contribution in [1.82, 2.24) is 15.0 Å². The molecule has 0 saturated heterocycles. The Hall–Kier alpha value is -3.01. The zero-order chi connectivity index (χ0) is 19.6. The largest absolute Gasteiger partial charge is 0.494 e. The minimum Gasteiger partial charge on any atom is -0.494 e. The highest BCUT2D eigenvalue weighted by Crippen LogP contribution is 2.28. The normalized spacial score (nSPS) is 16.0. The quantitative estimate of drug-likeness (QED) is 0.396. The number of hydrogen-bond acceptors (Lipinski definition) is 7. The molecule has 1 aromatic heterocycles. The molecule has 0 radical (unpaired) electrons. The molecule has 1 aliphatic heterocycles. The van der Waals surface area contributed by atoms with Gasteiger partial charge in [-0.25, -0.2) is 0 Å². The number of rotatable bonds is 6. The second-order valence-corrected chi connectivity index (χ2v) is 6.65. The molecular formula is C17H19N5O4S. The highest BCUT2D eigenvalue weighted by Gasteiger charge is 2.27. The van der Waals surface area contributed by atoms with Gasteiger partial charge in [0.05, 0.1) is 16.7 Å². The van der Waals surface area contributed by atoms with Crippen LogP contribution in [0.1, 0.15) is 43.4 Å². The number of nitrogens with zero attached hydrogens (tertiary/aromatic N) is 3. The van der Waals surface area contributed by atoms with Crippen LogP contribution in [0.3, 0.4) is 0 Å². The maximum Gasteiger partial charge on any atom is 0.269 e. The van der Waals surface area contributed by atoms with E-state index in [0.717, 1.165) is 12.8 Å².